The molecule has 0 radical (unpaired) electrons. The summed E-state index contributed by atoms with van der Waals surface area (Å²) < 4.78 is 12.8. The Bertz CT molecular complexity index is 211. The first-order valence-electron chi connectivity index (χ1n) is 3.85. The number of nitrogens with zero attached hydrogens (tertiary/aromatic N) is 1. The molecule has 6 heteroatoms. The quantitative estimate of drug-likeness (QED) is 0.629. The average molecular weight is 191 g/mol. The van der Waals surface area contributed by atoms with E-state index < -0.39 is 24.2 Å². The smallest absolute Gasteiger partial charge is 0.407 e. The van der Waals surface area contributed by atoms with E-state index in [1.165, 1.54) is 0 Å². The van der Waals surface area contributed by atoms with E-state index in [1.54, 1.807) is 0 Å². The van der Waals surface area contributed by atoms with Crippen molar-refractivity contribution in [2.24, 2.45) is 5.92 Å². The van der Waals surface area contributed by atoms with Gasteiger partial charge in [0.2, 0.25) is 0 Å². The van der Waals surface area contributed by atoms with E-state index in [-0.39, 0.29) is 19.5 Å². The van der Waals surface area contributed by atoms with Crippen molar-refractivity contribution >= 4 is 12.1 Å². The minimum atomic E-state index is -1.37. The third-order valence-corrected chi connectivity index (χ3v) is 2.02. The molecule has 1 amide bonds. The zero-order chi connectivity index (χ0) is 10.0. The lowest BCUT2D eigenvalue weighted by atomic mass is 9.97. The van der Waals surface area contributed by atoms with Crippen molar-refractivity contribution in [2.45, 2.75) is 12.6 Å². The lowest BCUT2D eigenvalue weighted by Gasteiger charge is -2.30. The molecule has 1 aliphatic heterocycles. The number of amides is 1. The molecule has 1 aliphatic rings. The summed E-state index contributed by atoms with van der Waals surface area (Å²) in [6, 6.07) is 0. The molecule has 0 bridgehead atoms. The highest BCUT2D eigenvalue weighted by molar-refractivity contribution is 5.72. The molecule has 13 heavy (non-hydrogen) atoms. The van der Waals surface area contributed by atoms with E-state index in [0.717, 1.165) is 4.90 Å². The molecule has 0 spiro atoms. The van der Waals surface area contributed by atoms with Gasteiger partial charge in [0.25, 0.3) is 0 Å². The number of likely N-dealkylation sites (tertiary alicyclic amines) is 1. The number of alkyl halides is 1. The minimum Gasteiger partial charge on any atom is -0.481 e. The predicted molar refractivity (Wildman–Crippen MR) is 40.2 cm³/mol. The van der Waals surface area contributed by atoms with E-state index >= 15 is 0 Å². The highest BCUT2D eigenvalue weighted by Gasteiger charge is 2.33. The van der Waals surface area contributed by atoms with Gasteiger partial charge in [-0.15, -0.1) is 0 Å². The van der Waals surface area contributed by atoms with E-state index in [1.807, 2.05) is 0 Å². The number of aliphatic carboxylic acids is 1. The van der Waals surface area contributed by atoms with Gasteiger partial charge in [-0.3, -0.25) is 4.79 Å². The zero-order valence-corrected chi connectivity index (χ0v) is 6.81. The van der Waals surface area contributed by atoms with Gasteiger partial charge in [-0.25, -0.2) is 9.18 Å². The first kappa shape index (κ1) is 9.76. The normalized spacial score (nSPS) is 28.5. The Morgan fingerprint density at radius 3 is 2.38 bits per heavy atom. The predicted octanol–water partition coefficient (Wildman–Crippen LogP) is 0.409. The van der Waals surface area contributed by atoms with Gasteiger partial charge >= 0.3 is 12.1 Å². The van der Waals surface area contributed by atoms with Crippen LogP contribution in [0.4, 0.5) is 9.18 Å². The summed E-state index contributed by atoms with van der Waals surface area (Å²) in [5, 5.41) is 17.1. The number of piperidine rings is 1. The molecule has 1 saturated heterocycles. The molecular weight excluding hydrogens is 181 g/mol. The molecule has 0 aliphatic carbocycles. The molecule has 0 aromatic rings. The van der Waals surface area contributed by atoms with E-state index in [2.05, 4.69) is 0 Å². The Kier molecular flexibility index (Phi) is 2.69. The molecular formula is C7H10FNO4. The molecule has 1 heterocycles. The van der Waals surface area contributed by atoms with Crippen LogP contribution < -0.4 is 0 Å². The van der Waals surface area contributed by atoms with Crippen LogP contribution in [0, 0.1) is 5.92 Å². The van der Waals surface area contributed by atoms with Gasteiger partial charge in [0.15, 0.2) is 0 Å². The summed E-state index contributed by atoms with van der Waals surface area (Å²) in [5.41, 5.74) is 0. The fraction of sp³-hybridized carbons (Fsp3) is 0.714. The Morgan fingerprint density at radius 2 is 1.92 bits per heavy atom. The third-order valence-electron chi connectivity index (χ3n) is 2.02. The van der Waals surface area contributed by atoms with Crippen molar-refractivity contribution in [2.75, 3.05) is 13.1 Å². The van der Waals surface area contributed by atoms with E-state index in [4.69, 9.17) is 10.2 Å². The fourth-order valence-electron chi connectivity index (χ4n) is 1.37. The summed E-state index contributed by atoms with van der Waals surface area (Å²) in [5.74, 6) is -2.06. The number of hydrogen-bond acceptors (Lipinski definition) is 2. The van der Waals surface area contributed by atoms with Crippen LogP contribution in [-0.4, -0.2) is 46.4 Å². The van der Waals surface area contributed by atoms with Crippen LogP contribution >= 0.6 is 0 Å². The van der Waals surface area contributed by atoms with Crippen molar-refractivity contribution in [3.8, 4) is 0 Å². The van der Waals surface area contributed by atoms with Gasteiger partial charge < -0.3 is 15.1 Å². The molecule has 1 rings (SSSR count). The number of carboxylic acids is 1. The molecule has 1 fully saturated rings. The van der Waals surface area contributed by atoms with Crippen LogP contribution in [0.1, 0.15) is 6.42 Å². The molecule has 0 saturated carbocycles. The molecule has 2 atom stereocenters. The maximum absolute atomic E-state index is 12.8. The van der Waals surface area contributed by atoms with Gasteiger partial charge in [-0.05, 0) is 6.42 Å². The summed E-state index contributed by atoms with van der Waals surface area (Å²) in [7, 11) is 0. The summed E-state index contributed by atoms with van der Waals surface area (Å²) in [6.07, 6.45) is -2.74. The minimum absolute atomic E-state index is 0.0981. The maximum Gasteiger partial charge on any atom is 0.407 e. The molecule has 2 N–H and O–H groups in total. The first-order chi connectivity index (χ1) is 6.00. The lowest BCUT2D eigenvalue weighted by Crippen LogP contribution is -2.46. The number of carboxylic acid groups (broad SMARTS) is 2. The van der Waals surface area contributed by atoms with Crippen molar-refractivity contribution in [1.29, 1.82) is 0 Å². The molecule has 0 aromatic heterocycles. The van der Waals surface area contributed by atoms with E-state index in [9.17, 15) is 14.0 Å². The second-order valence-corrected chi connectivity index (χ2v) is 3.06. The highest BCUT2D eigenvalue weighted by atomic mass is 19.1. The van der Waals surface area contributed by atoms with Crippen molar-refractivity contribution in [3.63, 3.8) is 0 Å². The first-order valence-corrected chi connectivity index (χ1v) is 3.85. The second kappa shape index (κ2) is 3.59. The fourth-order valence-corrected chi connectivity index (χ4v) is 1.37. The van der Waals surface area contributed by atoms with Crippen LogP contribution in [0.25, 0.3) is 0 Å². The topological polar surface area (TPSA) is 77.8 Å². The van der Waals surface area contributed by atoms with Crippen LogP contribution in [0.5, 0.6) is 0 Å². The van der Waals surface area contributed by atoms with Crippen molar-refractivity contribution in [3.05, 3.63) is 0 Å². The van der Waals surface area contributed by atoms with Crippen LogP contribution in [0.2, 0.25) is 0 Å². The van der Waals surface area contributed by atoms with Gasteiger partial charge in [0.1, 0.15) is 6.17 Å². The number of halogens is 1. The Morgan fingerprint density at radius 1 is 1.31 bits per heavy atom. The summed E-state index contributed by atoms with van der Waals surface area (Å²) in [6.45, 7) is -0.343. The van der Waals surface area contributed by atoms with Gasteiger partial charge in [0.05, 0.1) is 12.5 Å². The van der Waals surface area contributed by atoms with E-state index in [0.29, 0.717) is 0 Å². The summed E-state index contributed by atoms with van der Waals surface area (Å²) in [4.78, 5) is 21.7. The summed E-state index contributed by atoms with van der Waals surface area (Å²) >= 11 is 0. The lowest BCUT2D eigenvalue weighted by molar-refractivity contribution is -0.144. The Hall–Kier alpha value is -1.33. The maximum atomic E-state index is 12.8. The van der Waals surface area contributed by atoms with Crippen LogP contribution in [0.15, 0.2) is 0 Å². The average Bonchev–Trinajstić information content (AvgIpc) is 2.03. The number of rotatable bonds is 1. The molecule has 5 nitrogen and oxygen atoms in total. The Labute approximate surface area is 73.8 Å². The largest absolute Gasteiger partial charge is 0.481 e. The van der Waals surface area contributed by atoms with Crippen molar-refractivity contribution in [1.82, 2.24) is 4.90 Å². The standard InChI is InChI=1S/C7H10FNO4/c8-5-1-4(6(10)11)2-9(3-5)7(12)13/h4-5H,1-3H2,(H,10,11)(H,12,13). The molecule has 74 valence electrons. The SMILES string of the molecule is O=C(O)C1CC(F)CN(C(=O)O)C1. The van der Waals surface area contributed by atoms with Crippen LogP contribution in [0.3, 0.4) is 0 Å². The van der Waals surface area contributed by atoms with Crippen molar-refractivity contribution < 1.29 is 24.2 Å². The molecule has 0 aromatic carbocycles. The zero-order valence-electron chi connectivity index (χ0n) is 6.81. The van der Waals surface area contributed by atoms with Gasteiger partial charge in [-0.1, -0.05) is 0 Å². The van der Waals surface area contributed by atoms with Gasteiger partial charge in [0, 0.05) is 6.54 Å². The number of carbonyl (C=O) groups is 2. The third kappa shape index (κ3) is 2.30. The second-order valence-electron chi connectivity index (χ2n) is 3.06. The highest BCUT2D eigenvalue weighted by Crippen LogP contribution is 2.19. The van der Waals surface area contributed by atoms with Crippen LogP contribution in [-0.2, 0) is 4.79 Å². The van der Waals surface area contributed by atoms with Gasteiger partial charge in [-0.2, -0.15) is 0 Å². The monoisotopic (exact) mass is 191 g/mol. The Balaban J connectivity index is 2.62. The number of hydrogen-bond donors (Lipinski definition) is 2. The molecule has 2 unspecified atom stereocenters.